The molecule has 1 aromatic heterocycles. The lowest BCUT2D eigenvalue weighted by molar-refractivity contribution is 0.466. The van der Waals surface area contributed by atoms with Gasteiger partial charge in [0.05, 0.1) is 5.69 Å². The van der Waals surface area contributed by atoms with Crippen molar-refractivity contribution < 1.29 is 0 Å². The number of allylic oxidation sites excluding steroid dienone is 1. The van der Waals surface area contributed by atoms with Crippen molar-refractivity contribution in [2.24, 2.45) is 10.7 Å². The highest BCUT2D eigenvalue weighted by atomic mass is 15.3. The third kappa shape index (κ3) is 4.24. The molecule has 0 atom stereocenters. The lowest BCUT2D eigenvalue weighted by Crippen LogP contribution is -2.40. The fraction of sp³-hybridized carbons (Fsp3) is 0.409. The van der Waals surface area contributed by atoms with E-state index in [1.54, 1.807) is 0 Å². The summed E-state index contributed by atoms with van der Waals surface area (Å²) in [7, 11) is 1.92. The summed E-state index contributed by atoms with van der Waals surface area (Å²) in [5.41, 5.74) is 10.7. The molecule has 2 aromatic rings. The van der Waals surface area contributed by atoms with E-state index < -0.39 is 0 Å². The maximum absolute atomic E-state index is 6.06. The number of anilines is 2. The normalized spacial score (nSPS) is 18.9. The number of nitrogens with zero attached hydrogens (tertiary/aromatic N) is 4. The first-order chi connectivity index (χ1) is 13.9. The highest BCUT2D eigenvalue weighted by Gasteiger charge is 2.22. The molecule has 4 N–H and O–H groups in total. The summed E-state index contributed by atoms with van der Waals surface area (Å²) >= 11 is 0. The van der Waals surface area contributed by atoms with E-state index in [0.29, 0.717) is 0 Å². The predicted molar refractivity (Wildman–Crippen MR) is 120 cm³/mol. The number of rotatable bonds is 4. The molecule has 2 aliphatic rings. The molecular formula is C22H29N7. The molecule has 0 saturated carbocycles. The zero-order valence-corrected chi connectivity index (χ0v) is 17.3. The van der Waals surface area contributed by atoms with Crippen molar-refractivity contribution in [2.45, 2.75) is 38.4 Å². The van der Waals surface area contributed by atoms with Crippen LogP contribution in [-0.2, 0) is 0 Å². The zero-order valence-electron chi connectivity index (χ0n) is 17.3. The number of aromatic nitrogens is 2. The molecule has 7 nitrogen and oxygen atoms in total. The van der Waals surface area contributed by atoms with Gasteiger partial charge in [-0.3, -0.25) is 4.99 Å². The minimum Gasteiger partial charge on any atom is -0.388 e. The van der Waals surface area contributed by atoms with Crippen molar-refractivity contribution in [3.05, 3.63) is 42.2 Å². The Balaban J connectivity index is 1.74. The number of benzene rings is 1. The molecule has 0 unspecified atom stereocenters. The van der Waals surface area contributed by atoms with E-state index >= 15 is 0 Å². The Hall–Kier alpha value is -2.93. The van der Waals surface area contributed by atoms with Crippen LogP contribution in [0, 0.1) is 0 Å². The third-order valence-corrected chi connectivity index (χ3v) is 5.46. The van der Waals surface area contributed by atoms with Crippen LogP contribution in [0.5, 0.6) is 0 Å². The number of piperidine rings is 1. The molecule has 7 heteroatoms. The van der Waals surface area contributed by atoms with Gasteiger partial charge < -0.3 is 21.3 Å². The molecular weight excluding hydrogens is 362 g/mol. The summed E-state index contributed by atoms with van der Waals surface area (Å²) in [5, 5.41) is 6.50. The zero-order chi connectivity index (χ0) is 20.4. The lowest BCUT2D eigenvalue weighted by atomic mass is 10.0. The molecule has 2 aliphatic heterocycles. The molecule has 0 spiro atoms. The fourth-order valence-corrected chi connectivity index (χ4v) is 3.56. The van der Waals surface area contributed by atoms with E-state index in [0.717, 1.165) is 60.0 Å². The molecule has 0 bridgehead atoms. The minimum atomic E-state index is -0.300. The second-order valence-corrected chi connectivity index (χ2v) is 8.15. The summed E-state index contributed by atoms with van der Waals surface area (Å²) in [4.78, 5) is 16.5. The summed E-state index contributed by atoms with van der Waals surface area (Å²) in [5.74, 6) is 0.759. The van der Waals surface area contributed by atoms with E-state index in [4.69, 9.17) is 15.7 Å². The Kier molecular flexibility index (Phi) is 5.24. The Morgan fingerprint density at radius 2 is 1.90 bits per heavy atom. The monoisotopic (exact) mass is 391 g/mol. The van der Waals surface area contributed by atoms with Gasteiger partial charge in [0.1, 0.15) is 5.66 Å². The van der Waals surface area contributed by atoms with Crippen molar-refractivity contribution >= 4 is 23.4 Å². The summed E-state index contributed by atoms with van der Waals surface area (Å²) in [6.45, 7) is 5.85. The molecule has 1 aromatic carbocycles. The minimum absolute atomic E-state index is 0.275. The van der Waals surface area contributed by atoms with Gasteiger partial charge in [-0.15, -0.1) is 0 Å². The van der Waals surface area contributed by atoms with Crippen LogP contribution in [0.25, 0.3) is 16.8 Å². The van der Waals surface area contributed by atoms with Crippen LogP contribution in [0.2, 0.25) is 0 Å². The Morgan fingerprint density at radius 1 is 1.17 bits per heavy atom. The SMILES string of the molecule is CNc1ccc(-c2nc(N3CCC(N)CC3)ncc2C2=CNC(C)(C)N=C2)cc1. The van der Waals surface area contributed by atoms with E-state index in [9.17, 15) is 0 Å². The summed E-state index contributed by atoms with van der Waals surface area (Å²) in [6.07, 6.45) is 7.75. The van der Waals surface area contributed by atoms with Gasteiger partial charge in [-0.1, -0.05) is 12.1 Å². The number of aliphatic imine (C=N–C) groups is 1. The highest BCUT2D eigenvalue weighted by Crippen LogP contribution is 2.30. The average molecular weight is 392 g/mol. The third-order valence-electron chi connectivity index (χ3n) is 5.46. The molecule has 4 rings (SSSR count). The number of nitrogens with two attached hydrogens (primary N) is 1. The van der Waals surface area contributed by atoms with Crippen LogP contribution >= 0.6 is 0 Å². The van der Waals surface area contributed by atoms with Crippen molar-refractivity contribution in [1.29, 1.82) is 0 Å². The number of hydrogen-bond donors (Lipinski definition) is 3. The molecule has 152 valence electrons. The quantitative estimate of drug-likeness (QED) is 0.742. The van der Waals surface area contributed by atoms with Gasteiger partial charge >= 0.3 is 0 Å². The maximum atomic E-state index is 6.06. The van der Waals surface area contributed by atoms with Crippen LogP contribution in [-0.4, -0.2) is 48.0 Å². The largest absolute Gasteiger partial charge is 0.388 e. The molecule has 1 fully saturated rings. The fourth-order valence-electron chi connectivity index (χ4n) is 3.56. The average Bonchev–Trinajstić information content (AvgIpc) is 2.74. The van der Waals surface area contributed by atoms with Gasteiger partial charge in [0, 0.05) is 67.2 Å². The molecule has 29 heavy (non-hydrogen) atoms. The lowest BCUT2D eigenvalue weighted by Gasteiger charge is -2.30. The van der Waals surface area contributed by atoms with Gasteiger partial charge in [0.25, 0.3) is 0 Å². The van der Waals surface area contributed by atoms with Crippen LogP contribution in [0.1, 0.15) is 32.3 Å². The second kappa shape index (κ2) is 7.83. The van der Waals surface area contributed by atoms with Crippen molar-refractivity contribution in [3.8, 4) is 11.3 Å². The summed E-state index contributed by atoms with van der Waals surface area (Å²) in [6, 6.07) is 8.57. The second-order valence-electron chi connectivity index (χ2n) is 8.15. The van der Waals surface area contributed by atoms with Crippen LogP contribution in [0.15, 0.2) is 41.7 Å². The maximum Gasteiger partial charge on any atom is 0.225 e. The van der Waals surface area contributed by atoms with E-state index in [2.05, 4.69) is 44.8 Å². The van der Waals surface area contributed by atoms with Crippen LogP contribution in [0.3, 0.4) is 0 Å². The summed E-state index contributed by atoms with van der Waals surface area (Å²) < 4.78 is 0. The Morgan fingerprint density at radius 3 is 2.52 bits per heavy atom. The van der Waals surface area contributed by atoms with Gasteiger partial charge in [0.2, 0.25) is 5.95 Å². The molecule has 0 amide bonds. The first kappa shape index (κ1) is 19.4. The van der Waals surface area contributed by atoms with E-state index in [-0.39, 0.29) is 11.7 Å². The molecule has 1 saturated heterocycles. The van der Waals surface area contributed by atoms with Gasteiger partial charge in [-0.05, 0) is 38.8 Å². The molecule has 3 heterocycles. The first-order valence-corrected chi connectivity index (χ1v) is 10.1. The highest BCUT2D eigenvalue weighted by molar-refractivity contribution is 6.12. The van der Waals surface area contributed by atoms with Crippen molar-refractivity contribution in [3.63, 3.8) is 0 Å². The van der Waals surface area contributed by atoms with Gasteiger partial charge in [-0.2, -0.15) is 0 Å². The Labute approximate surface area is 172 Å². The number of nitrogens with one attached hydrogen (secondary N) is 2. The topological polar surface area (TPSA) is 91.5 Å². The van der Waals surface area contributed by atoms with E-state index in [1.165, 1.54) is 0 Å². The molecule has 0 radical (unpaired) electrons. The molecule has 0 aliphatic carbocycles. The standard InChI is InChI=1S/C22H29N7/c1-22(2)26-12-16(13-27-22)19-14-25-21(29-10-8-17(23)9-11-29)28-20(19)15-4-6-18(24-3)7-5-15/h4-7,12-14,17,24,26H,8-11,23H2,1-3H3. The van der Waals surface area contributed by atoms with Crippen LogP contribution < -0.4 is 21.3 Å². The first-order valence-electron chi connectivity index (χ1n) is 10.1. The van der Waals surface area contributed by atoms with Crippen molar-refractivity contribution in [2.75, 3.05) is 30.4 Å². The smallest absolute Gasteiger partial charge is 0.225 e. The number of hydrogen-bond acceptors (Lipinski definition) is 7. The van der Waals surface area contributed by atoms with Gasteiger partial charge in [0.15, 0.2) is 0 Å². The van der Waals surface area contributed by atoms with Crippen LogP contribution in [0.4, 0.5) is 11.6 Å². The van der Waals surface area contributed by atoms with E-state index in [1.807, 2.05) is 39.5 Å². The Bertz CT molecular complexity index is 923. The van der Waals surface area contributed by atoms with Crippen molar-refractivity contribution in [1.82, 2.24) is 15.3 Å². The predicted octanol–water partition coefficient (Wildman–Crippen LogP) is 2.86. The van der Waals surface area contributed by atoms with Gasteiger partial charge in [-0.25, -0.2) is 9.97 Å².